The van der Waals surface area contributed by atoms with Gasteiger partial charge in [-0.1, -0.05) is 56.3 Å². The van der Waals surface area contributed by atoms with Crippen molar-refractivity contribution >= 4 is 33.2 Å². The molecule has 0 amide bonds. The molecule has 0 aliphatic rings. The summed E-state index contributed by atoms with van der Waals surface area (Å²) < 4.78 is 31.9. The van der Waals surface area contributed by atoms with Crippen LogP contribution in [0.1, 0.15) is 32.2 Å². The summed E-state index contributed by atoms with van der Waals surface area (Å²) in [7, 11) is -3.42. The van der Waals surface area contributed by atoms with Crippen molar-refractivity contribution in [2.75, 3.05) is 17.3 Å². The van der Waals surface area contributed by atoms with E-state index >= 15 is 0 Å². The first kappa shape index (κ1) is 23.4. The zero-order chi connectivity index (χ0) is 22.6. The highest BCUT2D eigenvalue weighted by Gasteiger charge is 2.17. The standard InChI is InChI=1S/C21H25ClN4O3S2/c1-21(2,3)15-4-8-17(9-5-15)29-14-19-24-25-20(26(19)23)30-12-13-31(27,28)18-10-6-16(22)7-11-18/h4-11H,12-14,23H2,1-3H3. The summed E-state index contributed by atoms with van der Waals surface area (Å²) >= 11 is 7.04. The van der Waals surface area contributed by atoms with Gasteiger partial charge < -0.3 is 10.6 Å². The molecule has 2 aromatic carbocycles. The molecule has 3 aromatic rings. The molecule has 1 heterocycles. The zero-order valence-corrected chi connectivity index (χ0v) is 20.0. The lowest BCUT2D eigenvalue weighted by Crippen LogP contribution is -2.16. The van der Waals surface area contributed by atoms with Crippen LogP contribution in [0.3, 0.4) is 0 Å². The molecule has 0 spiro atoms. The number of rotatable bonds is 8. The lowest BCUT2D eigenvalue weighted by molar-refractivity contribution is 0.291. The van der Waals surface area contributed by atoms with Crippen molar-refractivity contribution in [1.29, 1.82) is 0 Å². The maximum atomic E-state index is 12.4. The predicted octanol–water partition coefficient (Wildman–Crippen LogP) is 4.09. The number of aromatic nitrogens is 3. The van der Waals surface area contributed by atoms with Crippen LogP contribution in [-0.2, 0) is 21.9 Å². The van der Waals surface area contributed by atoms with Gasteiger partial charge in [-0.15, -0.1) is 10.2 Å². The van der Waals surface area contributed by atoms with E-state index in [4.69, 9.17) is 22.2 Å². The van der Waals surface area contributed by atoms with Crippen molar-refractivity contribution in [3.8, 4) is 5.75 Å². The SMILES string of the molecule is CC(C)(C)c1ccc(OCc2nnc(SCCS(=O)(=O)c3ccc(Cl)cc3)n2N)cc1. The second-order valence-corrected chi connectivity index (χ2v) is 11.6. The first-order chi connectivity index (χ1) is 14.6. The van der Waals surface area contributed by atoms with Crippen molar-refractivity contribution in [1.82, 2.24) is 14.9 Å². The van der Waals surface area contributed by atoms with Crippen molar-refractivity contribution in [2.24, 2.45) is 0 Å². The van der Waals surface area contributed by atoms with Crippen molar-refractivity contribution in [2.45, 2.75) is 42.8 Å². The molecule has 166 valence electrons. The molecule has 0 radical (unpaired) electrons. The molecule has 3 rings (SSSR count). The largest absolute Gasteiger partial charge is 0.486 e. The van der Waals surface area contributed by atoms with E-state index in [0.717, 1.165) is 0 Å². The fourth-order valence-corrected chi connectivity index (χ4v) is 5.35. The van der Waals surface area contributed by atoms with Crippen LogP contribution in [0.4, 0.5) is 0 Å². The summed E-state index contributed by atoms with van der Waals surface area (Å²) in [5.41, 5.74) is 1.29. The van der Waals surface area contributed by atoms with Gasteiger partial charge in [0.25, 0.3) is 0 Å². The fourth-order valence-electron chi connectivity index (χ4n) is 2.71. The summed E-state index contributed by atoms with van der Waals surface area (Å²) in [6, 6.07) is 14.0. The van der Waals surface area contributed by atoms with Crippen LogP contribution in [0.2, 0.25) is 5.02 Å². The summed E-state index contributed by atoms with van der Waals surface area (Å²) in [5.74, 6) is 7.44. The third-order valence-electron chi connectivity index (χ3n) is 4.58. The van der Waals surface area contributed by atoms with E-state index in [1.54, 1.807) is 12.1 Å². The van der Waals surface area contributed by atoms with Crippen LogP contribution in [0, 0.1) is 0 Å². The van der Waals surface area contributed by atoms with Gasteiger partial charge >= 0.3 is 0 Å². The first-order valence-corrected chi connectivity index (χ1v) is 12.6. The van der Waals surface area contributed by atoms with Gasteiger partial charge in [-0.25, -0.2) is 13.1 Å². The van der Waals surface area contributed by atoms with E-state index in [1.807, 2.05) is 24.3 Å². The maximum Gasteiger partial charge on any atom is 0.209 e. The number of nitrogens with zero attached hydrogens (tertiary/aromatic N) is 3. The molecule has 31 heavy (non-hydrogen) atoms. The fraction of sp³-hybridized carbons (Fsp3) is 0.333. The Balaban J connectivity index is 1.54. The van der Waals surface area contributed by atoms with Gasteiger partial charge in [-0.05, 0) is 47.4 Å². The Labute approximate surface area is 191 Å². The van der Waals surface area contributed by atoms with E-state index in [9.17, 15) is 8.42 Å². The summed E-state index contributed by atoms with van der Waals surface area (Å²) in [6.07, 6.45) is 0. The minimum atomic E-state index is -3.42. The quantitative estimate of drug-likeness (QED) is 0.382. The smallest absolute Gasteiger partial charge is 0.209 e. The van der Waals surface area contributed by atoms with Crippen molar-refractivity contribution in [3.05, 3.63) is 64.9 Å². The Hall–Kier alpha value is -2.23. The molecule has 0 aliphatic heterocycles. The van der Waals surface area contributed by atoms with Gasteiger partial charge in [0.05, 0.1) is 10.6 Å². The molecule has 10 heteroatoms. The van der Waals surface area contributed by atoms with Crippen molar-refractivity contribution < 1.29 is 13.2 Å². The number of nitrogens with two attached hydrogens (primary N) is 1. The molecule has 0 bridgehead atoms. The molecule has 1 aromatic heterocycles. The number of halogens is 1. The second-order valence-electron chi connectivity index (χ2n) is 7.95. The second kappa shape index (κ2) is 9.50. The van der Waals surface area contributed by atoms with E-state index in [-0.39, 0.29) is 28.4 Å². The molecule has 0 aliphatic carbocycles. The molecule has 0 unspecified atom stereocenters. The summed E-state index contributed by atoms with van der Waals surface area (Å²) in [6.45, 7) is 6.61. The normalized spacial score (nSPS) is 12.1. The van der Waals surface area contributed by atoms with Crippen molar-refractivity contribution in [3.63, 3.8) is 0 Å². The highest BCUT2D eigenvalue weighted by atomic mass is 35.5. The van der Waals surface area contributed by atoms with E-state index in [0.29, 0.717) is 21.8 Å². The average Bonchev–Trinajstić information content (AvgIpc) is 3.06. The number of hydrogen-bond donors (Lipinski definition) is 1. The third-order valence-corrected chi connectivity index (χ3v) is 7.77. The maximum absolute atomic E-state index is 12.4. The number of benzene rings is 2. The molecule has 0 saturated carbocycles. The highest BCUT2D eigenvalue weighted by Crippen LogP contribution is 2.25. The zero-order valence-electron chi connectivity index (χ0n) is 17.6. The lowest BCUT2D eigenvalue weighted by Gasteiger charge is -2.19. The molecule has 2 N–H and O–H groups in total. The van der Waals surface area contributed by atoms with E-state index in [1.165, 1.54) is 34.1 Å². The van der Waals surface area contributed by atoms with E-state index < -0.39 is 9.84 Å². The molecular formula is C21H25ClN4O3S2. The van der Waals surface area contributed by atoms with Crippen LogP contribution >= 0.6 is 23.4 Å². The minimum Gasteiger partial charge on any atom is -0.486 e. The van der Waals surface area contributed by atoms with Gasteiger partial charge in [-0.3, -0.25) is 0 Å². The monoisotopic (exact) mass is 480 g/mol. The molecular weight excluding hydrogens is 456 g/mol. The van der Waals surface area contributed by atoms with Crippen LogP contribution in [-0.4, -0.2) is 34.8 Å². The topological polar surface area (TPSA) is 100 Å². The third kappa shape index (κ3) is 6.15. The van der Waals surface area contributed by atoms with Gasteiger partial charge in [0.2, 0.25) is 5.16 Å². The number of thioether (sulfide) groups is 1. The van der Waals surface area contributed by atoms with Crippen LogP contribution < -0.4 is 10.6 Å². The van der Waals surface area contributed by atoms with Gasteiger partial charge in [0.1, 0.15) is 12.4 Å². The number of sulfone groups is 1. The van der Waals surface area contributed by atoms with Gasteiger partial charge in [0.15, 0.2) is 15.7 Å². The number of ether oxygens (including phenoxy) is 1. The van der Waals surface area contributed by atoms with E-state index in [2.05, 4.69) is 31.0 Å². The average molecular weight is 481 g/mol. The van der Waals surface area contributed by atoms with Crippen LogP contribution in [0.25, 0.3) is 0 Å². The Morgan fingerprint density at radius 2 is 1.71 bits per heavy atom. The summed E-state index contributed by atoms with van der Waals surface area (Å²) in [5, 5.41) is 9.00. The Morgan fingerprint density at radius 3 is 2.32 bits per heavy atom. The number of hydrogen-bond acceptors (Lipinski definition) is 7. The Bertz CT molecular complexity index is 1120. The highest BCUT2D eigenvalue weighted by molar-refractivity contribution is 8.00. The Morgan fingerprint density at radius 1 is 1.06 bits per heavy atom. The predicted molar refractivity (Wildman–Crippen MR) is 124 cm³/mol. The number of nitrogen functional groups attached to an aromatic ring is 1. The molecule has 0 saturated heterocycles. The first-order valence-electron chi connectivity index (χ1n) is 9.60. The van der Waals surface area contributed by atoms with Gasteiger partial charge in [-0.2, -0.15) is 0 Å². The van der Waals surface area contributed by atoms with Crippen LogP contribution in [0.5, 0.6) is 5.75 Å². The lowest BCUT2D eigenvalue weighted by atomic mass is 9.87. The molecule has 0 atom stereocenters. The molecule has 7 nitrogen and oxygen atoms in total. The summed E-state index contributed by atoms with van der Waals surface area (Å²) in [4.78, 5) is 0.235. The van der Waals surface area contributed by atoms with Crippen LogP contribution in [0.15, 0.2) is 58.6 Å². The van der Waals surface area contributed by atoms with Gasteiger partial charge in [0, 0.05) is 10.8 Å². The Kier molecular flexibility index (Phi) is 7.18. The minimum absolute atomic E-state index is 0.0574. The molecule has 0 fully saturated rings.